The van der Waals surface area contributed by atoms with Crippen molar-refractivity contribution in [2.24, 2.45) is 4.99 Å². The van der Waals surface area contributed by atoms with E-state index in [0.717, 1.165) is 17.3 Å². The maximum atomic E-state index is 13.3. The molecule has 0 aliphatic carbocycles. The molecule has 10 nitrogen and oxygen atoms in total. The van der Waals surface area contributed by atoms with Crippen LogP contribution < -0.4 is 10.1 Å². The number of rotatable bonds is 9. The molecule has 40 heavy (non-hydrogen) atoms. The molecule has 1 unspecified atom stereocenters. The number of benzene rings is 3. The summed E-state index contributed by atoms with van der Waals surface area (Å²) in [5.41, 5.74) is 2.23. The van der Waals surface area contributed by atoms with Gasteiger partial charge in [0.1, 0.15) is 11.0 Å². The maximum Gasteiger partial charge on any atom is 0.338 e. The average Bonchev–Trinajstić information content (AvgIpc) is 2.95. The first kappa shape index (κ1) is 28.4. The average molecular weight is 562 g/mol. The Morgan fingerprint density at radius 1 is 1.00 bits per heavy atom. The van der Waals surface area contributed by atoms with Crippen molar-refractivity contribution >= 4 is 52.1 Å². The van der Waals surface area contributed by atoms with Crippen LogP contribution >= 0.6 is 11.8 Å². The van der Waals surface area contributed by atoms with Crippen LogP contribution in [0.2, 0.25) is 0 Å². The Morgan fingerprint density at radius 3 is 2.25 bits per heavy atom. The van der Waals surface area contributed by atoms with Gasteiger partial charge < -0.3 is 19.9 Å². The number of anilines is 1. The van der Waals surface area contributed by atoms with Gasteiger partial charge >= 0.3 is 11.9 Å². The molecule has 2 N–H and O–H groups in total. The van der Waals surface area contributed by atoms with Gasteiger partial charge in [-0.3, -0.25) is 14.5 Å². The molecule has 0 aromatic heterocycles. The van der Waals surface area contributed by atoms with Gasteiger partial charge in [-0.2, -0.15) is 0 Å². The molecule has 3 aromatic carbocycles. The zero-order chi connectivity index (χ0) is 28.6. The zero-order valence-corrected chi connectivity index (χ0v) is 22.6. The lowest BCUT2D eigenvalue weighted by molar-refractivity contribution is -0.129. The number of nitrogens with zero attached hydrogens (tertiary/aromatic N) is 2. The first-order chi connectivity index (χ1) is 19.3. The fraction of sp³-hybridized carbons (Fsp3) is 0.207. The highest BCUT2D eigenvalue weighted by atomic mass is 32.2. The van der Waals surface area contributed by atoms with Gasteiger partial charge in [0.05, 0.1) is 37.1 Å². The Balaban J connectivity index is 1.58. The molecule has 206 valence electrons. The number of carbonyl (C=O) groups is 4. The van der Waals surface area contributed by atoms with Crippen molar-refractivity contribution < 1.29 is 33.8 Å². The summed E-state index contributed by atoms with van der Waals surface area (Å²) in [7, 11) is 1.57. The lowest BCUT2D eigenvalue weighted by Crippen LogP contribution is -2.44. The van der Waals surface area contributed by atoms with Crippen molar-refractivity contribution in [3.63, 3.8) is 0 Å². The summed E-state index contributed by atoms with van der Waals surface area (Å²) in [4.78, 5) is 55.7. The van der Waals surface area contributed by atoms with Gasteiger partial charge in [-0.25, -0.2) is 14.6 Å². The van der Waals surface area contributed by atoms with E-state index in [1.165, 1.54) is 29.2 Å². The van der Waals surface area contributed by atoms with E-state index in [2.05, 4.69) is 10.3 Å². The Hall–Kier alpha value is -4.64. The van der Waals surface area contributed by atoms with E-state index >= 15 is 0 Å². The quantitative estimate of drug-likeness (QED) is 0.358. The number of ether oxygens (including phenoxy) is 2. The molecule has 1 heterocycles. The smallest absolute Gasteiger partial charge is 0.338 e. The third-order valence-electron chi connectivity index (χ3n) is 5.93. The molecule has 1 aliphatic rings. The summed E-state index contributed by atoms with van der Waals surface area (Å²) in [6.45, 7) is 2.22. The SMILES string of the molecule is CCOC(=O)c1ccc(N=C2SC(C(=O)Nc3ccc(C(=O)O)cc3)CC(=O)N2Cc2ccc(OC)cc2)cc1. The van der Waals surface area contributed by atoms with Crippen LogP contribution in [-0.2, 0) is 20.9 Å². The standard InChI is InChI=1S/C29H27N3O7S/c1-3-39-28(37)20-8-12-22(13-9-20)31-29-32(17-18-4-14-23(38-2)15-5-18)25(33)16-24(40-29)26(34)30-21-10-6-19(7-11-21)27(35)36/h4-15,24H,3,16-17H2,1-2H3,(H,30,34)(H,35,36). The highest BCUT2D eigenvalue weighted by molar-refractivity contribution is 8.15. The molecule has 0 saturated carbocycles. The number of aromatic carboxylic acids is 1. The number of methoxy groups -OCH3 is 1. The van der Waals surface area contributed by atoms with Gasteiger partial charge in [0.2, 0.25) is 11.8 Å². The number of nitrogens with one attached hydrogen (secondary N) is 1. The van der Waals surface area contributed by atoms with E-state index in [0.29, 0.717) is 27.9 Å². The number of thioether (sulfide) groups is 1. The molecule has 1 fully saturated rings. The van der Waals surface area contributed by atoms with Gasteiger partial charge in [-0.15, -0.1) is 0 Å². The third kappa shape index (κ3) is 7.06. The topological polar surface area (TPSA) is 135 Å². The molecule has 1 atom stereocenters. The minimum Gasteiger partial charge on any atom is -0.497 e. The molecule has 11 heteroatoms. The fourth-order valence-corrected chi connectivity index (χ4v) is 4.92. The van der Waals surface area contributed by atoms with Crippen molar-refractivity contribution in [3.05, 3.63) is 89.5 Å². The van der Waals surface area contributed by atoms with Crippen LogP contribution in [0.3, 0.4) is 0 Å². The monoisotopic (exact) mass is 561 g/mol. The van der Waals surface area contributed by atoms with Crippen LogP contribution in [0.1, 0.15) is 39.6 Å². The summed E-state index contributed by atoms with van der Waals surface area (Å²) in [5, 5.41) is 11.4. The minimum atomic E-state index is -1.07. The molecule has 1 aliphatic heterocycles. The van der Waals surface area contributed by atoms with Crippen LogP contribution in [0, 0.1) is 0 Å². The molecule has 4 rings (SSSR count). The number of esters is 1. The van der Waals surface area contributed by atoms with E-state index < -0.39 is 23.1 Å². The Labute approximate surface area is 235 Å². The molecule has 0 spiro atoms. The molecular weight excluding hydrogens is 534 g/mol. The number of carbonyl (C=O) groups excluding carboxylic acids is 3. The van der Waals surface area contributed by atoms with Gasteiger partial charge in [-0.1, -0.05) is 23.9 Å². The Morgan fingerprint density at radius 2 is 1.65 bits per heavy atom. The molecule has 3 aromatic rings. The number of aliphatic imine (C=N–C) groups is 1. The van der Waals surface area contributed by atoms with Gasteiger partial charge in [0.25, 0.3) is 0 Å². The van der Waals surface area contributed by atoms with Crippen molar-refractivity contribution in [1.82, 2.24) is 4.90 Å². The van der Waals surface area contributed by atoms with E-state index in [9.17, 15) is 19.2 Å². The number of carboxylic acid groups (broad SMARTS) is 1. The van der Waals surface area contributed by atoms with Crippen LogP contribution in [0.4, 0.5) is 11.4 Å². The van der Waals surface area contributed by atoms with Gasteiger partial charge in [0.15, 0.2) is 5.17 Å². The number of hydrogen-bond donors (Lipinski definition) is 2. The zero-order valence-electron chi connectivity index (χ0n) is 21.8. The van der Waals surface area contributed by atoms with E-state index in [-0.39, 0.29) is 31.0 Å². The van der Waals surface area contributed by atoms with Crippen molar-refractivity contribution in [3.8, 4) is 5.75 Å². The highest BCUT2D eigenvalue weighted by Gasteiger charge is 2.36. The number of hydrogen-bond acceptors (Lipinski definition) is 8. The molecular formula is C29H27N3O7S. The lowest BCUT2D eigenvalue weighted by Gasteiger charge is -2.32. The fourth-order valence-electron chi connectivity index (χ4n) is 3.83. The molecule has 0 radical (unpaired) electrons. The second kappa shape index (κ2) is 12.9. The van der Waals surface area contributed by atoms with Crippen LogP contribution in [0.25, 0.3) is 0 Å². The van der Waals surface area contributed by atoms with E-state index in [4.69, 9.17) is 14.6 Å². The third-order valence-corrected chi connectivity index (χ3v) is 7.12. The predicted octanol–water partition coefficient (Wildman–Crippen LogP) is 4.73. The summed E-state index contributed by atoms with van der Waals surface area (Å²) < 4.78 is 10.2. The number of amidine groups is 1. The normalized spacial score (nSPS) is 15.9. The second-order valence-electron chi connectivity index (χ2n) is 8.67. The van der Waals surface area contributed by atoms with Crippen molar-refractivity contribution in [2.75, 3.05) is 19.0 Å². The second-order valence-corrected chi connectivity index (χ2v) is 9.84. The predicted molar refractivity (Wildman–Crippen MR) is 151 cm³/mol. The first-order valence-corrected chi connectivity index (χ1v) is 13.3. The highest BCUT2D eigenvalue weighted by Crippen LogP contribution is 2.31. The number of carboxylic acids is 1. The summed E-state index contributed by atoms with van der Waals surface area (Å²) in [6, 6.07) is 19.5. The minimum absolute atomic E-state index is 0.0549. The van der Waals surface area contributed by atoms with Gasteiger partial charge in [-0.05, 0) is 73.2 Å². The van der Waals surface area contributed by atoms with Crippen LogP contribution in [0.15, 0.2) is 77.8 Å². The maximum absolute atomic E-state index is 13.3. The molecule has 0 bridgehead atoms. The van der Waals surface area contributed by atoms with E-state index in [1.54, 1.807) is 50.4 Å². The van der Waals surface area contributed by atoms with Crippen LogP contribution in [0.5, 0.6) is 5.75 Å². The van der Waals surface area contributed by atoms with Crippen LogP contribution in [-0.4, -0.2) is 57.9 Å². The summed E-state index contributed by atoms with van der Waals surface area (Å²) in [5.74, 6) is -1.52. The molecule has 1 saturated heterocycles. The number of amides is 2. The summed E-state index contributed by atoms with van der Waals surface area (Å²) in [6.07, 6.45) is -0.0549. The van der Waals surface area contributed by atoms with E-state index in [1.807, 2.05) is 12.1 Å². The first-order valence-electron chi connectivity index (χ1n) is 12.4. The lowest BCUT2D eigenvalue weighted by atomic mass is 10.1. The Bertz CT molecular complexity index is 1420. The summed E-state index contributed by atoms with van der Waals surface area (Å²) >= 11 is 1.15. The Kier molecular flexibility index (Phi) is 9.18. The molecule has 2 amide bonds. The van der Waals surface area contributed by atoms with Crippen molar-refractivity contribution in [1.29, 1.82) is 0 Å². The van der Waals surface area contributed by atoms with Gasteiger partial charge in [0, 0.05) is 12.1 Å². The van der Waals surface area contributed by atoms with Crippen molar-refractivity contribution in [2.45, 2.75) is 25.1 Å². The largest absolute Gasteiger partial charge is 0.497 e.